The van der Waals surface area contributed by atoms with Crippen molar-refractivity contribution in [2.75, 3.05) is 32.2 Å². The van der Waals surface area contributed by atoms with Crippen molar-refractivity contribution in [3.05, 3.63) is 29.6 Å². The number of methoxy groups -OCH3 is 1. The van der Waals surface area contributed by atoms with Crippen LogP contribution in [0.25, 0.3) is 0 Å². The van der Waals surface area contributed by atoms with Gasteiger partial charge in [0.1, 0.15) is 5.82 Å². The Bertz CT molecular complexity index is 369. The van der Waals surface area contributed by atoms with Crippen molar-refractivity contribution in [2.24, 2.45) is 0 Å². The third kappa shape index (κ3) is 3.96. The van der Waals surface area contributed by atoms with Crippen LogP contribution in [0.15, 0.2) is 18.2 Å². The second-order valence-corrected chi connectivity index (χ2v) is 4.61. The zero-order valence-electron chi connectivity index (χ0n) is 11.7. The number of hydrogen-bond acceptors (Lipinski definition) is 3. The van der Waals surface area contributed by atoms with Crippen LogP contribution >= 0.6 is 0 Å². The molecule has 102 valence electrons. The predicted molar refractivity (Wildman–Crippen MR) is 73.5 cm³/mol. The van der Waals surface area contributed by atoms with Gasteiger partial charge in [0, 0.05) is 44.5 Å². The fourth-order valence-electron chi connectivity index (χ4n) is 1.72. The summed E-state index contributed by atoms with van der Waals surface area (Å²) in [6.45, 7) is 6.04. The first-order valence-electron chi connectivity index (χ1n) is 6.27. The molecule has 0 radical (unpaired) electrons. The predicted octanol–water partition coefficient (Wildman–Crippen LogP) is 2.41. The molecule has 18 heavy (non-hydrogen) atoms. The fraction of sp³-hybridized carbons (Fsp3) is 0.571. The average molecular weight is 254 g/mol. The largest absolute Gasteiger partial charge is 0.383 e. The van der Waals surface area contributed by atoms with Crippen LogP contribution in [-0.2, 0) is 11.3 Å². The molecule has 0 heterocycles. The molecular formula is C14H23FN2O. The Labute approximate surface area is 109 Å². The number of halogens is 1. The summed E-state index contributed by atoms with van der Waals surface area (Å²) in [5.41, 5.74) is 1.65. The van der Waals surface area contributed by atoms with Gasteiger partial charge in [0.25, 0.3) is 0 Å². The van der Waals surface area contributed by atoms with E-state index in [1.165, 1.54) is 6.07 Å². The van der Waals surface area contributed by atoms with Crippen molar-refractivity contribution in [2.45, 2.75) is 26.4 Å². The van der Waals surface area contributed by atoms with Gasteiger partial charge in [-0.3, -0.25) is 0 Å². The van der Waals surface area contributed by atoms with Gasteiger partial charge >= 0.3 is 0 Å². The van der Waals surface area contributed by atoms with Crippen LogP contribution in [0.5, 0.6) is 0 Å². The lowest BCUT2D eigenvalue weighted by atomic mass is 10.1. The Kier molecular flexibility index (Phi) is 6.09. The second-order valence-electron chi connectivity index (χ2n) is 4.61. The summed E-state index contributed by atoms with van der Waals surface area (Å²) in [7, 11) is 3.64. The van der Waals surface area contributed by atoms with Crippen molar-refractivity contribution in [1.29, 1.82) is 0 Å². The summed E-state index contributed by atoms with van der Waals surface area (Å²) >= 11 is 0. The van der Waals surface area contributed by atoms with Crippen LogP contribution in [0.1, 0.15) is 19.4 Å². The van der Waals surface area contributed by atoms with Gasteiger partial charge < -0.3 is 15.0 Å². The molecule has 1 N–H and O–H groups in total. The van der Waals surface area contributed by atoms with E-state index in [4.69, 9.17) is 4.74 Å². The molecule has 1 aromatic rings. The minimum Gasteiger partial charge on any atom is -0.383 e. The third-order valence-corrected chi connectivity index (χ3v) is 3.03. The molecule has 0 unspecified atom stereocenters. The van der Waals surface area contributed by atoms with Crippen LogP contribution < -0.4 is 10.2 Å². The van der Waals surface area contributed by atoms with Crippen molar-refractivity contribution in [3.63, 3.8) is 0 Å². The van der Waals surface area contributed by atoms with E-state index in [9.17, 15) is 4.39 Å². The lowest BCUT2D eigenvalue weighted by Crippen LogP contribution is -2.28. The van der Waals surface area contributed by atoms with Gasteiger partial charge in [-0.1, -0.05) is 6.07 Å². The maximum Gasteiger partial charge on any atom is 0.129 e. The van der Waals surface area contributed by atoms with E-state index in [1.54, 1.807) is 13.2 Å². The SMILES string of the molecule is COCCNCc1c(F)cccc1N(C)C(C)C. The van der Waals surface area contributed by atoms with Gasteiger partial charge in [0.15, 0.2) is 0 Å². The van der Waals surface area contributed by atoms with E-state index in [1.807, 2.05) is 13.1 Å². The minimum absolute atomic E-state index is 0.162. The molecule has 0 fully saturated rings. The minimum atomic E-state index is -0.162. The molecule has 0 aliphatic carbocycles. The molecule has 0 aliphatic rings. The van der Waals surface area contributed by atoms with E-state index in [-0.39, 0.29) is 5.82 Å². The van der Waals surface area contributed by atoms with Gasteiger partial charge in [-0.2, -0.15) is 0 Å². The summed E-state index contributed by atoms with van der Waals surface area (Å²) in [5.74, 6) is -0.162. The fourth-order valence-corrected chi connectivity index (χ4v) is 1.72. The highest BCUT2D eigenvalue weighted by Crippen LogP contribution is 2.23. The zero-order valence-corrected chi connectivity index (χ0v) is 11.7. The normalized spacial score (nSPS) is 11.0. The lowest BCUT2D eigenvalue weighted by Gasteiger charge is -2.26. The molecule has 1 rings (SSSR count). The highest BCUT2D eigenvalue weighted by Gasteiger charge is 2.13. The van der Waals surface area contributed by atoms with Crippen LogP contribution in [0.4, 0.5) is 10.1 Å². The number of benzene rings is 1. The molecule has 0 amide bonds. The molecule has 0 spiro atoms. The van der Waals surface area contributed by atoms with Gasteiger partial charge in [-0.05, 0) is 26.0 Å². The molecule has 4 heteroatoms. The number of rotatable bonds is 7. The summed E-state index contributed by atoms with van der Waals surface area (Å²) in [5, 5.41) is 3.19. The van der Waals surface area contributed by atoms with Crippen LogP contribution in [-0.4, -0.2) is 33.4 Å². The highest BCUT2D eigenvalue weighted by molar-refractivity contribution is 5.54. The van der Waals surface area contributed by atoms with E-state index in [0.29, 0.717) is 24.8 Å². The molecule has 3 nitrogen and oxygen atoms in total. The molecule has 0 bridgehead atoms. The lowest BCUT2D eigenvalue weighted by molar-refractivity contribution is 0.199. The van der Waals surface area contributed by atoms with Crippen LogP contribution in [0.2, 0.25) is 0 Å². The van der Waals surface area contributed by atoms with Gasteiger partial charge in [0.2, 0.25) is 0 Å². The molecule has 0 saturated heterocycles. The monoisotopic (exact) mass is 254 g/mol. The van der Waals surface area contributed by atoms with Gasteiger partial charge in [0.05, 0.1) is 6.61 Å². The molecule has 0 atom stereocenters. The molecule has 0 aromatic heterocycles. The summed E-state index contributed by atoms with van der Waals surface area (Å²) < 4.78 is 18.8. The summed E-state index contributed by atoms with van der Waals surface area (Å²) in [6.07, 6.45) is 0. The average Bonchev–Trinajstić information content (AvgIpc) is 2.35. The maximum atomic E-state index is 13.9. The number of nitrogens with one attached hydrogen (secondary N) is 1. The Morgan fingerprint density at radius 3 is 2.72 bits per heavy atom. The first kappa shape index (κ1) is 14.9. The Hall–Kier alpha value is -1.13. The summed E-state index contributed by atoms with van der Waals surface area (Å²) in [6, 6.07) is 5.55. The van der Waals surface area contributed by atoms with E-state index in [0.717, 1.165) is 12.2 Å². The van der Waals surface area contributed by atoms with Crippen molar-refractivity contribution >= 4 is 5.69 Å². The van der Waals surface area contributed by atoms with Gasteiger partial charge in [-0.25, -0.2) is 4.39 Å². The molecule has 0 saturated carbocycles. The number of nitrogens with zero attached hydrogens (tertiary/aromatic N) is 1. The van der Waals surface area contributed by atoms with Crippen molar-refractivity contribution < 1.29 is 9.13 Å². The third-order valence-electron chi connectivity index (χ3n) is 3.03. The highest BCUT2D eigenvalue weighted by atomic mass is 19.1. The number of ether oxygens (including phenoxy) is 1. The van der Waals surface area contributed by atoms with Gasteiger partial charge in [-0.15, -0.1) is 0 Å². The second kappa shape index (κ2) is 7.34. The number of hydrogen-bond donors (Lipinski definition) is 1. The standard InChI is InChI=1S/C14H23FN2O/c1-11(2)17(3)14-7-5-6-13(15)12(14)10-16-8-9-18-4/h5-7,11,16H,8-10H2,1-4H3. The first-order valence-corrected chi connectivity index (χ1v) is 6.27. The maximum absolute atomic E-state index is 13.9. The summed E-state index contributed by atoms with van der Waals surface area (Å²) in [4.78, 5) is 2.08. The smallest absolute Gasteiger partial charge is 0.129 e. The van der Waals surface area contributed by atoms with Crippen molar-refractivity contribution in [3.8, 4) is 0 Å². The topological polar surface area (TPSA) is 24.5 Å². The zero-order chi connectivity index (χ0) is 13.5. The molecule has 0 aliphatic heterocycles. The Balaban J connectivity index is 2.80. The van der Waals surface area contributed by atoms with E-state index in [2.05, 4.69) is 24.1 Å². The molecular weight excluding hydrogens is 231 g/mol. The van der Waals surface area contributed by atoms with E-state index >= 15 is 0 Å². The number of anilines is 1. The molecule has 1 aromatic carbocycles. The van der Waals surface area contributed by atoms with Crippen molar-refractivity contribution in [1.82, 2.24) is 5.32 Å². The Morgan fingerprint density at radius 2 is 2.11 bits per heavy atom. The first-order chi connectivity index (χ1) is 8.57. The van der Waals surface area contributed by atoms with Crippen LogP contribution in [0.3, 0.4) is 0 Å². The quantitative estimate of drug-likeness (QED) is 0.756. The van der Waals surface area contributed by atoms with E-state index < -0.39 is 0 Å². The Morgan fingerprint density at radius 1 is 1.39 bits per heavy atom. The van der Waals surface area contributed by atoms with Crippen LogP contribution in [0, 0.1) is 5.82 Å².